The van der Waals surface area contributed by atoms with Crippen molar-refractivity contribution in [2.45, 2.75) is 5.41 Å². The molecule has 0 unspecified atom stereocenters. The van der Waals surface area contributed by atoms with Gasteiger partial charge in [0.2, 0.25) is 0 Å². The van der Waals surface area contributed by atoms with Crippen LogP contribution in [0.15, 0.2) is 255 Å². The van der Waals surface area contributed by atoms with Gasteiger partial charge >= 0.3 is 0 Å². The largest absolute Gasteiger partial charge is 0.310 e. The summed E-state index contributed by atoms with van der Waals surface area (Å²) in [6.45, 7) is 0. The average molecular weight is 803 g/mol. The van der Waals surface area contributed by atoms with Crippen LogP contribution in [0.2, 0.25) is 0 Å². The maximum Gasteiger partial charge on any atom is 0.0714 e. The minimum atomic E-state index is -0.507. The van der Waals surface area contributed by atoms with Gasteiger partial charge in [0, 0.05) is 33.5 Å². The molecule has 1 aliphatic rings. The lowest BCUT2D eigenvalue weighted by Gasteiger charge is -2.35. The first-order valence-corrected chi connectivity index (χ1v) is 21.8. The van der Waals surface area contributed by atoms with Crippen LogP contribution in [-0.2, 0) is 5.41 Å². The fourth-order valence-corrected chi connectivity index (χ4v) is 10.3. The Morgan fingerprint density at radius 3 is 1.44 bits per heavy atom. The second-order valence-electron chi connectivity index (χ2n) is 16.5. The van der Waals surface area contributed by atoms with Crippen LogP contribution in [0, 0.1) is 0 Å². The molecule has 0 atom stereocenters. The summed E-state index contributed by atoms with van der Waals surface area (Å²) in [6, 6.07) is 93.2. The third kappa shape index (κ3) is 5.95. The molecule has 296 valence electrons. The Hall–Kier alpha value is -8.20. The summed E-state index contributed by atoms with van der Waals surface area (Å²) < 4.78 is 2.38. The van der Waals surface area contributed by atoms with Crippen molar-refractivity contribution in [1.29, 1.82) is 0 Å². The number of anilines is 3. The molecule has 0 spiro atoms. The quantitative estimate of drug-likeness (QED) is 0.149. The molecule has 0 amide bonds. The van der Waals surface area contributed by atoms with Crippen molar-refractivity contribution in [3.63, 3.8) is 0 Å². The summed E-state index contributed by atoms with van der Waals surface area (Å²) in [7, 11) is 0. The number of fused-ring (bicyclic) bond motifs is 6. The summed E-state index contributed by atoms with van der Waals surface area (Å²) >= 11 is 0. The van der Waals surface area contributed by atoms with Gasteiger partial charge in [-0.05, 0) is 116 Å². The Kier molecular flexibility index (Phi) is 8.76. The van der Waals surface area contributed by atoms with Crippen LogP contribution in [0.3, 0.4) is 0 Å². The molecule has 2 heteroatoms. The van der Waals surface area contributed by atoms with E-state index in [4.69, 9.17) is 0 Å². The van der Waals surface area contributed by atoms with Crippen LogP contribution in [0.25, 0.3) is 60.9 Å². The van der Waals surface area contributed by atoms with Gasteiger partial charge in [0.25, 0.3) is 0 Å². The Balaban J connectivity index is 1.01. The molecule has 2 nitrogen and oxygen atoms in total. The third-order valence-electron chi connectivity index (χ3n) is 13.1. The molecule has 0 saturated carbocycles. The van der Waals surface area contributed by atoms with E-state index in [2.05, 4.69) is 264 Å². The van der Waals surface area contributed by atoms with Crippen molar-refractivity contribution in [1.82, 2.24) is 4.57 Å². The van der Waals surface area contributed by atoms with Gasteiger partial charge in [-0.3, -0.25) is 0 Å². The number of para-hydroxylation sites is 2. The summed E-state index contributed by atoms with van der Waals surface area (Å²) in [6.07, 6.45) is 0. The predicted octanol–water partition coefficient (Wildman–Crippen LogP) is 16.0. The number of hydrogen-bond acceptors (Lipinski definition) is 1. The molecule has 1 heterocycles. The van der Waals surface area contributed by atoms with Gasteiger partial charge in [0.1, 0.15) is 0 Å². The predicted molar refractivity (Wildman–Crippen MR) is 264 cm³/mol. The first-order chi connectivity index (χ1) is 31.3. The Morgan fingerprint density at radius 1 is 0.302 bits per heavy atom. The summed E-state index contributed by atoms with van der Waals surface area (Å²) in [5.41, 5.74) is 18.7. The lowest BCUT2D eigenvalue weighted by molar-refractivity contribution is 0.768. The zero-order valence-electron chi connectivity index (χ0n) is 34.6. The van der Waals surface area contributed by atoms with Gasteiger partial charge in [-0.1, -0.05) is 194 Å². The van der Waals surface area contributed by atoms with E-state index in [9.17, 15) is 0 Å². The molecule has 1 aliphatic carbocycles. The molecule has 0 saturated heterocycles. The van der Waals surface area contributed by atoms with E-state index in [0.717, 1.165) is 33.9 Å². The lowest BCUT2D eigenvalue weighted by Crippen LogP contribution is -2.28. The molecule has 12 rings (SSSR count). The van der Waals surface area contributed by atoms with Crippen molar-refractivity contribution in [3.8, 4) is 39.1 Å². The summed E-state index contributed by atoms with van der Waals surface area (Å²) in [5.74, 6) is 0. The normalized spacial score (nSPS) is 12.6. The maximum atomic E-state index is 2.45. The van der Waals surface area contributed by atoms with Crippen LogP contribution in [0.5, 0.6) is 0 Å². The van der Waals surface area contributed by atoms with Crippen molar-refractivity contribution in [3.05, 3.63) is 277 Å². The Bertz CT molecular complexity index is 3330. The fraction of sp³-hybridized carbons (Fsp3) is 0.0164. The molecule has 0 radical (unpaired) electrons. The van der Waals surface area contributed by atoms with E-state index in [1.165, 1.54) is 66.3 Å². The highest BCUT2D eigenvalue weighted by Gasteiger charge is 2.46. The van der Waals surface area contributed by atoms with Crippen LogP contribution in [-0.4, -0.2) is 4.57 Å². The molecule has 11 aromatic rings. The molecule has 0 aliphatic heterocycles. The first-order valence-electron chi connectivity index (χ1n) is 21.8. The highest BCUT2D eigenvalue weighted by Crippen LogP contribution is 2.57. The van der Waals surface area contributed by atoms with Gasteiger partial charge in [0.15, 0.2) is 0 Å². The topological polar surface area (TPSA) is 8.17 Å². The van der Waals surface area contributed by atoms with Crippen LogP contribution >= 0.6 is 0 Å². The Labute approximate surface area is 368 Å². The Morgan fingerprint density at radius 2 is 0.778 bits per heavy atom. The minimum Gasteiger partial charge on any atom is -0.310 e. The summed E-state index contributed by atoms with van der Waals surface area (Å²) in [5, 5.41) is 2.53. The van der Waals surface area contributed by atoms with E-state index in [1.54, 1.807) is 0 Å². The van der Waals surface area contributed by atoms with E-state index in [1.807, 2.05) is 0 Å². The molecular formula is C61H42N2. The molecular weight excluding hydrogens is 761 g/mol. The van der Waals surface area contributed by atoms with E-state index in [-0.39, 0.29) is 0 Å². The maximum absolute atomic E-state index is 2.45. The first kappa shape index (κ1) is 36.6. The highest BCUT2D eigenvalue weighted by atomic mass is 15.1. The molecule has 10 aromatic carbocycles. The van der Waals surface area contributed by atoms with Crippen molar-refractivity contribution < 1.29 is 0 Å². The molecule has 0 fully saturated rings. The molecule has 0 N–H and O–H groups in total. The monoisotopic (exact) mass is 802 g/mol. The van der Waals surface area contributed by atoms with Gasteiger partial charge in [-0.15, -0.1) is 0 Å². The van der Waals surface area contributed by atoms with Crippen LogP contribution in [0.1, 0.15) is 22.3 Å². The SMILES string of the molecule is c1ccc(-c2ccc(N(c3cccc(-c4ccc(-n5c6ccccc6c6ccccc65)cc4)c3)c3ccc4c(c3)C(c3ccccc3)(c3ccccc3)c3ccccc3-4)cc2)cc1. The second-order valence-corrected chi connectivity index (χ2v) is 16.5. The summed E-state index contributed by atoms with van der Waals surface area (Å²) in [4.78, 5) is 2.43. The number of benzene rings is 10. The standard InChI is InChI=1S/C61H42N2/c1-4-17-43(18-5-1)44-31-35-49(36-32-44)62(51-24-16-19-46(41-51)45-33-37-50(38-34-45)63-59-29-14-11-26-55(59)56-27-12-15-30-60(56)63)52-39-40-54-53-25-10-13-28-57(53)61(58(54)42-52,47-20-6-2-7-21-47)48-22-8-3-9-23-48/h1-42H. The molecule has 63 heavy (non-hydrogen) atoms. The van der Waals surface area contributed by atoms with E-state index >= 15 is 0 Å². The smallest absolute Gasteiger partial charge is 0.0714 e. The van der Waals surface area contributed by atoms with Gasteiger partial charge in [0.05, 0.1) is 16.4 Å². The second kappa shape index (κ2) is 15.1. The van der Waals surface area contributed by atoms with Crippen LogP contribution < -0.4 is 4.90 Å². The average Bonchev–Trinajstić information content (AvgIpc) is 3.86. The van der Waals surface area contributed by atoms with Crippen molar-refractivity contribution >= 4 is 38.9 Å². The van der Waals surface area contributed by atoms with Crippen LogP contribution in [0.4, 0.5) is 17.1 Å². The van der Waals surface area contributed by atoms with Crippen molar-refractivity contribution in [2.24, 2.45) is 0 Å². The molecule has 1 aromatic heterocycles. The number of aromatic nitrogens is 1. The van der Waals surface area contributed by atoms with Crippen molar-refractivity contribution in [2.75, 3.05) is 4.90 Å². The van der Waals surface area contributed by atoms with Gasteiger partial charge < -0.3 is 9.47 Å². The zero-order chi connectivity index (χ0) is 41.7. The number of rotatable bonds is 8. The van der Waals surface area contributed by atoms with E-state index in [0.29, 0.717) is 0 Å². The van der Waals surface area contributed by atoms with E-state index < -0.39 is 5.41 Å². The van der Waals surface area contributed by atoms with Gasteiger partial charge in [-0.2, -0.15) is 0 Å². The number of nitrogens with zero attached hydrogens (tertiary/aromatic N) is 2. The molecule has 0 bridgehead atoms. The lowest BCUT2D eigenvalue weighted by atomic mass is 9.67. The number of hydrogen-bond donors (Lipinski definition) is 0. The zero-order valence-corrected chi connectivity index (χ0v) is 34.6. The highest BCUT2D eigenvalue weighted by molar-refractivity contribution is 6.09. The van der Waals surface area contributed by atoms with Gasteiger partial charge in [-0.25, -0.2) is 0 Å². The third-order valence-corrected chi connectivity index (χ3v) is 13.1. The minimum absolute atomic E-state index is 0.507. The fourth-order valence-electron chi connectivity index (χ4n) is 10.3.